The van der Waals surface area contributed by atoms with E-state index in [-0.39, 0.29) is 12.6 Å². The predicted molar refractivity (Wildman–Crippen MR) is 108 cm³/mol. The molecule has 1 N–H and O–H groups in total. The number of ether oxygens (including phenoxy) is 1. The Bertz CT molecular complexity index is 1080. The molecule has 0 fully saturated rings. The van der Waals surface area contributed by atoms with Gasteiger partial charge >= 0.3 is 5.97 Å². The SMILES string of the molecule is Cc1oc(-c2ccccc2)nc1COC(=O)CCCc1c[nH]c2ccccc12. The van der Waals surface area contributed by atoms with Crippen molar-refractivity contribution in [3.63, 3.8) is 0 Å². The molecular formula is C23H22N2O3. The van der Waals surface area contributed by atoms with E-state index >= 15 is 0 Å². The van der Waals surface area contributed by atoms with Gasteiger partial charge in [-0.25, -0.2) is 4.98 Å². The van der Waals surface area contributed by atoms with Crippen LogP contribution in [0.25, 0.3) is 22.4 Å². The van der Waals surface area contributed by atoms with Gasteiger partial charge in [-0.1, -0.05) is 36.4 Å². The van der Waals surface area contributed by atoms with Gasteiger partial charge in [0.15, 0.2) is 0 Å². The summed E-state index contributed by atoms with van der Waals surface area (Å²) >= 11 is 0. The smallest absolute Gasteiger partial charge is 0.306 e. The summed E-state index contributed by atoms with van der Waals surface area (Å²) in [6.45, 7) is 1.97. The van der Waals surface area contributed by atoms with Crippen molar-refractivity contribution in [1.82, 2.24) is 9.97 Å². The van der Waals surface area contributed by atoms with E-state index in [4.69, 9.17) is 9.15 Å². The molecule has 0 atom stereocenters. The molecule has 2 aromatic carbocycles. The first-order chi connectivity index (χ1) is 13.7. The number of esters is 1. The summed E-state index contributed by atoms with van der Waals surface area (Å²) in [6, 6.07) is 17.9. The summed E-state index contributed by atoms with van der Waals surface area (Å²) in [5.41, 5.74) is 3.91. The van der Waals surface area contributed by atoms with Crippen LogP contribution in [0.2, 0.25) is 0 Å². The average Bonchev–Trinajstić information content (AvgIpc) is 3.31. The van der Waals surface area contributed by atoms with Crippen LogP contribution in [0.3, 0.4) is 0 Å². The molecule has 0 saturated carbocycles. The number of aromatic nitrogens is 2. The van der Waals surface area contributed by atoms with Gasteiger partial charge in [0.05, 0.1) is 0 Å². The fourth-order valence-electron chi connectivity index (χ4n) is 3.25. The highest BCUT2D eigenvalue weighted by Crippen LogP contribution is 2.22. The molecule has 2 heterocycles. The standard InChI is InChI=1S/C23H22N2O3/c1-16-21(25-23(28-16)17-8-3-2-4-9-17)15-27-22(26)13-7-10-18-14-24-20-12-6-5-11-19(18)20/h2-6,8-9,11-12,14,24H,7,10,13,15H2,1H3. The highest BCUT2D eigenvalue weighted by Gasteiger charge is 2.13. The van der Waals surface area contributed by atoms with Crippen molar-refractivity contribution < 1.29 is 13.9 Å². The molecule has 0 amide bonds. The molecule has 0 radical (unpaired) electrons. The van der Waals surface area contributed by atoms with Gasteiger partial charge < -0.3 is 14.1 Å². The molecule has 0 aliphatic carbocycles. The Morgan fingerprint density at radius 1 is 1.11 bits per heavy atom. The number of nitrogens with one attached hydrogen (secondary N) is 1. The zero-order valence-corrected chi connectivity index (χ0v) is 15.8. The fourth-order valence-corrected chi connectivity index (χ4v) is 3.25. The van der Waals surface area contributed by atoms with Crippen molar-refractivity contribution in [3.8, 4) is 11.5 Å². The van der Waals surface area contributed by atoms with Crippen LogP contribution in [0, 0.1) is 6.92 Å². The van der Waals surface area contributed by atoms with Crippen LogP contribution >= 0.6 is 0 Å². The first kappa shape index (κ1) is 18.0. The monoisotopic (exact) mass is 374 g/mol. The molecule has 0 spiro atoms. The lowest BCUT2D eigenvalue weighted by Gasteiger charge is -2.03. The molecule has 0 unspecified atom stereocenters. The Hall–Kier alpha value is -3.34. The number of aryl methyl sites for hydroxylation is 2. The number of H-pyrrole nitrogens is 1. The second kappa shape index (κ2) is 8.13. The van der Waals surface area contributed by atoms with Crippen molar-refractivity contribution in [3.05, 3.63) is 77.8 Å². The molecule has 0 bridgehead atoms. The van der Waals surface area contributed by atoms with E-state index in [0.717, 1.165) is 23.9 Å². The Morgan fingerprint density at radius 2 is 1.89 bits per heavy atom. The Balaban J connectivity index is 1.28. The number of carbonyl (C=O) groups excluding carboxylic acids is 1. The van der Waals surface area contributed by atoms with Crippen molar-refractivity contribution in [2.75, 3.05) is 0 Å². The largest absolute Gasteiger partial charge is 0.459 e. The van der Waals surface area contributed by atoms with Crippen molar-refractivity contribution in [2.45, 2.75) is 32.8 Å². The van der Waals surface area contributed by atoms with E-state index in [0.29, 0.717) is 23.8 Å². The predicted octanol–water partition coefficient (Wildman–Crippen LogP) is 5.20. The number of hydrogen-bond acceptors (Lipinski definition) is 4. The van der Waals surface area contributed by atoms with E-state index in [2.05, 4.69) is 22.1 Å². The molecule has 5 heteroatoms. The average molecular weight is 374 g/mol. The van der Waals surface area contributed by atoms with Crippen LogP contribution in [0.15, 0.2) is 65.2 Å². The molecule has 4 aromatic rings. The van der Waals surface area contributed by atoms with Crippen LogP contribution in [-0.2, 0) is 22.6 Å². The van der Waals surface area contributed by atoms with E-state index in [1.165, 1.54) is 10.9 Å². The van der Waals surface area contributed by atoms with Gasteiger partial charge in [-0.15, -0.1) is 0 Å². The number of hydrogen-bond donors (Lipinski definition) is 1. The van der Waals surface area contributed by atoms with Crippen LogP contribution in [-0.4, -0.2) is 15.9 Å². The zero-order chi connectivity index (χ0) is 19.3. The molecule has 5 nitrogen and oxygen atoms in total. The van der Waals surface area contributed by atoms with E-state index in [1.54, 1.807) is 0 Å². The summed E-state index contributed by atoms with van der Waals surface area (Å²) in [5, 5.41) is 1.21. The van der Waals surface area contributed by atoms with E-state index < -0.39 is 0 Å². The first-order valence-electron chi connectivity index (χ1n) is 9.43. The van der Waals surface area contributed by atoms with Crippen LogP contribution in [0.5, 0.6) is 0 Å². The van der Waals surface area contributed by atoms with Gasteiger partial charge in [-0.05, 0) is 43.5 Å². The quantitative estimate of drug-likeness (QED) is 0.452. The van der Waals surface area contributed by atoms with Gasteiger partial charge in [-0.3, -0.25) is 4.79 Å². The number of para-hydroxylation sites is 1. The molecular weight excluding hydrogens is 352 g/mol. The third-order valence-corrected chi connectivity index (χ3v) is 4.79. The summed E-state index contributed by atoms with van der Waals surface area (Å²) in [4.78, 5) is 19.8. The number of carbonyl (C=O) groups is 1. The van der Waals surface area contributed by atoms with Crippen molar-refractivity contribution >= 4 is 16.9 Å². The maximum absolute atomic E-state index is 12.1. The van der Waals surface area contributed by atoms with Crippen molar-refractivity contribution in [1.29, 1.82) is 0 Å². The molecule has 142 valence electrons. The second-order valence-electron chi connectivity index (χ2n) is 6.76. The zero-order valence-electron chi connectivity index (χ0n) is 15.8. The number of fused-ring (bicyclic) bond motifs is 1. The normalized spacial score (nSPS) is 11.0. The van der Waals surface area contributed by atoms with Crippen LogP contribution in [0.1, 0.15) is 29.9 Å². The Kier molecular flexibility index (Phi) is 5.24. The summed E-state index contributed by atoms with van der Waals surface area (Å²) in [5.74, 6) is 0.998. The summed E-state index contributed by atoms with van der Waals surface area (Å²) < 4.78 is 11.1. The number of benzene rings is 2. The van der Waals surface area contributed by atoms with Gasteiger partial charge in [0, 0.05) is 29.1 Å². The maximum Gasteiger partial charge on any atom is 0.306 e. The van der Waals surface area contributed by atoms with Gasteiger partial charge in [0.1, 0.15) is 18.1 Å². The minimum absolute atomic E-state index is 0.133. The van der Waals surface area contributed by atoms with Gasteiger partial charge in [-0.2, -0.15) is 0 Å². The topological polar surface area (TPSA) is 68.1 Å². The highest BCUT2D eigenvalue weighted by atomic mass is 16.5. The first-order valence-corrected chi connectivity index (χ1v) is 9.43. The van der Waals surface area contributed by atoms with Crippen LogP contribution < -0.4 is 0 Å². The van der Waals surface area contributed by atoms with Gasteiger partial charge in [0.2, 0.25) is 5.89 Å². The molecule has 0 saturated heterocycles. The Morgan fingerprint density at radius 3 is 2.75 bits per heavy atom. The molecule has 0 aliphatic heterocycles. The maximum atomic E-state index is 12.1. The van der Waals surface area contributed by atoms with E-state index in [9.17, 15) is 4.79 Å². The minimum atomic E-state index is -0.219. The Labute approximate surface area is 163 Å². The molecule has 4 rings (SSSR count). The lowest BCUT2D eigenvalue weighted by Crippen LogP contribution is -2.05. The van der Waals surface area contributed by atoms with Gasteiger partial charge in [0.25, 0.3) is 0 Å². The number of rotatable bonds is 7. The molecule has 2 aromatic heterocycles. The summed E-state index contributed by atoms with van der Waals surface area (Å²) in [6.07, 6.45) is 3.97. The lowest BCUT2D eigenvalue weighted by atomic mass is 10.1. The number of aromatic amines is 1. The van der Waals surface area contributed by atoms with Crippen LogP contribution in [0.4, 0.5) is 0 Å². The van der Waals surface area contributed by atoms with E-state index in [1.807, 2.05) is 55.6 Å². The number of oxazole rings is 1. The lowest BCUT2D eigenvalue weighted by molar-refractivity contribution is -0.145. The highest BCUT2D eigenvalue weighted by molar-refractivity contribution is 5.83. The molecule has 28 heavy (non-hydrogen) atoms. The molecule has 0 aliphatic rings. The van der Waals surface area contributed by atoms with Crippen molar-refractivity contribution in [2.24, 2.45) is 0 Å². The fraction of sp³-hybridized carbons (Fsp3) is 0.217. The summed E-state index contributed by atoms with van der Waals surface area (Å²) in [7, 11) is 0. The third-order valence-electron chi connectivity index (χ3n) is 4.79. The second-order valence-corrected chi connectivity index (χ2v) is 6.76. The third kappa shape index (κ3) is 3.98. The minimum Gasteiger partial charge on any atom is -0.459 e. The number of nitrogens with zero attached hydrogens (tertiary/aromatic N) is 1.